The van der Waals surface area contributed by atoms with Crippen molar-refractivity contribution in [3.63, 3.8) is 0 Å². The van der Waals surface area contributed by atoms with Gasteiger partial charge in [0.25, 0.3) is 0 Å². The minimum atomic E-state index is -0.476. The Labute approximate surface area is 124 Å². The zero-order valence-electron chi connectivity index (χ0n) is 9.59. The first-order valence-electron chi connectivity index (χ1n) is 5.40. The highest BCUT2D eigenvalue weighted by Gasteiger charge is 2.15. The van der Waals surface area contributed by atoms with Crippen molar-refractivity contribution in [2.24, 2.45) is 0 Å². The van der Waals surface area contributed by atoms with E-state index in [0.29, 0.717) is 10.0 Å². The fraction of sp³-hybridized carbons (Fsp3) is 0.0714. The number of ketones is 1. The van der Waals surface area contributed by atoms with Crippen molar-refractivity contribution in [3.05, 3.63) is 68.4 Å². The van der Waals surface area contributed by atoms with Crippen LogP contribution in [-0.2, 0) is 6.42 Å². The minimum absolute atomic E-state index is 0.119. The highest BCUT2D eigenvalue weighted by Crippen LogP contribution is 2.27. The third-order valence-electron chi connectivity index (χ3n) is 2.61. The summed E-state index contributed by atoms with van der Waals surface area (Å²) in [7, 11) is 0. The van der Waals surface area contributed by atoms with E-state index in [0.717, 1.165) is 0 Å². The Hall–Kier alpha value is -1.09. The number of halogens is 4. The molecule has 0 fully saturated rings. The fourth-order valence-corrected chi connectivity index (χ4v) is 2.27. The predicted molar refractivity (Wildman–Crippen MR) is 75.9 cm³/mol. The quantitative estimate of drug-likeness (QED) is 0.710. The van der Waals surface area contributed by atoms with Gasteiger partial charge in [-0.1, -0.05) is 40.9 Å². The van der Waals surface area contributed by atoms with E-state index in [-0.39, 0.29) is 28.4 Å². The van der Waals surface area contributed by atoms with Gasteiger partial charge in [-0.25, -0.2) is 4.39 Å². The van der Waals surface area contributed by atoms with Crippen molar-refractivity contribution < 1.29 is 9.18 Å². The molecule has 2 aromatic carbocycles. The van der Waals surface area contributed by atoms with E-state index in [4.69, 9.17) is 34.8 Å². The van der Waals surface area contributed by atoms with E-state index in [9.17, 15) is 9.18 Å². The number of hydrogen-bond acceptors (Lipinski definition) is 1. The molecule has 98 valence electrons. The Morgan fingerprint density at radius 1 is 1.11 bits per heavy atom. The first-order valence-corrected chi connectivity index (χ1v) is 6.53. The lowest BCUT2D eigenvalue weighted by atomic mass is 10.0. The fourth-order valence-electron chi connectivity index (χ4n) is 1.67. The minimum Gasteiger partial charge on any atom is -0.294 e. The van der Waals surface area contributed by atoms with Crippen molar-refractivity contribution in [2.75, 3.05) is 0 Å². The summed E-state index contributed by atoms with van der Waals surface area (Å²) in [4.78, 5) is 12.1. The molecule has 0 unspecified atom stereocenters. The first-order chi connectivity index (χ1) is 8.99. The van der Waals surface area contributed by atoms with Crippen LogP contribution in [-0.4, -0.2) is 5.78 Å². The molecular weight excluding hydrogens is 310 g/mol. The van der Waals surface area contributed by atoms with E-state index in [1.165, 1.54) is 18.2 Å². The molecule has 2 aromatic rings. The summed E-state index contributed by atoms with van der Waals surface area (Å²) >= 11 is 17.6. The maximum atomic E-state index is 13.6. The Bertz CT molecular complexity index is 641. The highest BCUT2D eigenvalue weighted by molar-refractivity contribution is 6.43. The van der Waals surface area contributed by atoms with Crippen LogP contribution >= 0.6 is 34.8 Å². The van der Waals surface area contributed by atoms with Gasteiger partial charge in [-0.15, -0.1) is 0 Å². The molecule has 0 heterocycles. The van der Waals surface area contributed by atoms with Crippen molar-refractivity contribution >= 4 is 40.6 Å². The lowest BCUT2D eigenvalue weighted by Crippen LogP contribution is -2.06. The molecule has 0 aliphatic carbocycles. The molecule has 1 nitrogen and oxygen atoms in total. The summed E-state index contributed by atoms with van der Waals surface area (Å²) in [6.07, 6.45) is -0.119. The summed E-state index contributed by atoms with van der Waals surface area (Å²) in [6, 6.07) is 8.84. The number of Topliss-reactive ketones (excluding diaryl/α,β-unsaturated/α-hetero) is 1. The van der Waals surface area contributed by atoms with Crippen LogP contribution in [0.2, 0.25) is 15.1 Å². The Kier molecular flexibility index (Phi) is 4.46. The van der Waals surface area contributed by atoms with Crippen LogP contribution in [0.25, 0.3) is 0 Å². The largest absolute Gasteiger partial charge is 0.294 e. The Morgan fingerprint density at radius 2 is 1.84 bits per heavy atom. The van der Waals surface area contributed by atoms with Crippen LogP contribution in [0.15, 0.2) is 36.4 Å². The van der Waals surface area contributed by atoms with E-state index in [2.05, 4.69) is 0 Å². The normalized spacial score (nSPS) is 10.5. The van der Waals surface area contributed by atoms with E-state index in [1.54, 1.807) is 18.2 Å². The average molecular weight is 318 g/mol. The van der Waals surface area contributed by atoms with Crippen molar-refractivity contribution in [1.29, 1.82) is 0 Å². The van der Waals surface area contributed by atoms with Crippen molar-refractivity contribution in [2.45, 2.75) is 6.42 Å². The van der Waals surface area contributed by atoms with Gasteiger partial charge in [0.05, 0.1) is 10.0 Å². The molecule has 0 amide bonds. The molecule has 0 aliphatic heterocycles. The Morgan fingerprint density at radius 3 is 2.58 bits per heavy atom. The molecule has 5 heteroatoms. The van der Waals surface area contributed by atoms with Crippen LogP contribution < -0.4 is 0 Å². The zero-order chi connectivity index (χ0) is 14.0. The SMILES string of the molecule is O=C(Cc1cc(Cl)ccc1F)c1cccc(Cl)c1Cl. The lowest BCUT2D eigenvalue weighted by Gasteiger charge is -2.06. The van der Waals surface area contributed by atoms with Crippen LogP contribution in [0.5, 0.6) is 0 Å². The third-order valence-corrected chi connectivity index (χ3v) is 3.66. The first kappa shape index (κ1) is 14.3. The molecule has 0 radical (unpaired) electrons. The molecule has 0 bridgehead atoms. The Balaban J connectivity index is 2.31. The van der Waals surface area contributed by atoms with Gasteiger partial charge in [-0.05, 0) is 35.9 Å². The second-order valence-electron chi connectivity index (χ2n) is 3.94. The van der Waals surface area contributed by atoms with Crippen LogP contribution in [0, 0.1) is 5.82 Å². The van der Waals surface area contributed by atoms with Crippen LogP contribution in [0.1, 0.15) is 15.9 Å². The van der Waals surface area contributed by atoms with Crippen molar-refractivity contribution in [1.82, 2.24) is 0 Å². The predicted octanol–water partition coefficient (Wildman–Crippen LogP) is 5.21. The molecule has 0 saturated carbocycles. The second kappa shape index (κ2) is 5.91. The maximum Gasteiger partial charge on any atom is 0.168 e. The summed E-state index contributed by atoms with van der Waals surface area (Å²) in [5, 5.41) is 0.845. The smallest absolute Gasteiger partial charge is 0.168 e. The molecule has 0 N–H and O–H groups in total. The number of hydrogen-bond donors (Lipinski definition) is 0. The van der Waals surface area contributed by atoms with E-state index >= 15 is 0 Å². The second-order valence-corrected chi connectivity index (χ2v) is 5.16. The molecule has 0 saturated heterocycles. The van der Waals surface area contributed by atoms with Gasteiger partial charge in [0.15, 0.2) is 5.78 Å². The third kappa shape index (κ3) is 3.27. The number of rotatable bonds is 3. The lowest BCUT2D eigenvalue weighted by molar-refractivity contribution is 0.0992. The van der Waals surface area contributed by atoms with E-state index < -0.39 is 5.82 Å². The standard InChI is InChI=1S/C14H8Cl3FO/c15-9-4-5-12(18)8(6-9)7-13(19)10-2-1-3-11(16)14(10)17/h1-6H,7H2. The molecule has 0 aromatic heterocycles. The van der Waals surface area contributed by atoms with Gasteiger partial charge in [-0.2, -0.15) is 0 Å². The van der Waals surface area contributed by atoms with Gasteiger partial charge in [0.1, 0.15) is 5.82 Å². The highest BCUT2D eigenvalue weighted by atomic mass is 35.5. The van der Waals surface area contributed by atoms with Crippen molar-refractivity contribution in [3.8, 4) is 0 Å². The average Bonchev–Trinajstić information content (AvgIpc) is 2.37. The van der Waals surface area contributed by atoms with Crippen LogP contribution in [0.4, 0.5) is 4.39 Å². The molecule has 0 aliphatic rings. The summed E-state index contributed by atoms with van der Waals surface area (Å²) in [5.74, 6) is -0.787. The molecule has 19 heavy (non-hydrogen) atoms. The topological polar surface area (TPSA) is 17.1 Å². The monoisotopic (exact) mass is 316 g/mol. The molecule has 0 spiro atoms. The van der Waals surface area contributed by atoms with Gasteiger partial charge in [0.2, 0.25) is 0 Å². The van der Waals surface area contributed by atoms with Gasteiger partial charge < -0.3 is 0 Å². The number of benzene rings is 2. The summed E-state index contributed by atoms with van der Waals surface area (Å²) < 4.78 is 13.6. The van der Waals surface area contributed by atoms with Gasteiger partial charge >= 0.3 is 0 Å². The number of carbonyl (C=O) groups excluding carboxylic acids is 1. The number of carbonyl (C=O) groups is 1. The van der Waals surface area contributed by atoms with E-state index in [1.807, 2.05) is 0 Å². The molecule has 2 rings (SSSR count). The van der Waals surface area contributed by atoms with Gasteiger partial charge in [-0.3, -0.25) is 4.79 Å². The zero-order valence-corrected chi connectivity index (χ0v) is 11.9. The summed E-state index contributed by atoms with van der Waals surface area (Å²) in [6.45, 7) is 0. The molecule has 0 atom stereocenters. The molecular formula is C14H8Cl3FO. The maximum absolute atomic E-state index is 13.6. The van der Waals surface area contributed by atoms with Crippen LogP contribution in [0.3, 0.4) is 0 Å². The van der Waals surface area contributed by atoms with Gasteiger partial charge in [0, 0.05) is 17.0 Å². The summed E-state index contributed by atoms with van der Waals surface area (Å²) in [5.41, 5.74) is 0.502.